The molecule has 0 N–H and O–H groups in total. The average Bonchev–Trinajstić information content (AvgIpc) is 2.96. The van der Waals surface area contributed by atoms with Gasteiger partial charge in [0.25, 0.3) is 0 Å². The van der Waals surface area contributed by atoms with E-state index in [0.717, 1.165) is 0 Å². The first-order valence-electron chi connectivity index (χ1n) is 12.5. The van der Waals surface area contributed by atoms with Gasteiger partial charge in [0, 0.05) is 38.5 Å². The second kappa shape index (κ2) is 8.06. The first-order valence-corrected chi connectivity index (χ1v) is 13.4. The van der Waals surface area contributed by atoms with Gasteiger partial charge in [-0.05, 0) is 61.5 Å². The predicted molar refractivity (Wildman–Crippen MR) is 157 cm³/mol. The van der Waals surface area contributed by atoms with Crippen molar-refractivity contribution < 1.29 is 0 Å². The number of rotatable bonds is 2. The Hall–Kier alpha value is -4.40. The van der Waals surface area contributed by atoms with Gasteiger partial charge in [-0.1, -0.05) is 115 Å². The van der Waals surface area contributed by atoms with Gasteiger partial charge in [0.2, 0.25) is 0 Å². The van der Waals surface area contributed by atoms with E-state index >= 15 is 0 Å². The van der Waals surface area contributed by atoms with Crippen molar-refractivity contribution in [2.24, 2.45) is 0 Å². The minimum atomic E-state index is 1.20. The monoisotopic (exact) mass is 487 g/mol. The van der Waals surface area contributed by atoms with E-state index < -0.39 is 0 Å². The fourth-order valence-electron chi connectivity index (χ4n) is 5.95. The first-order chi connectivity index (χ1) is 18.4. The Morgan fingerprint density at radius 3 is 1.81 bits per heavy atom. The average molecular weight is 488 g/mol. The Kier molecular flexibility index (Phi) is 4.52. The van der Waals surface area contributed by atoms with Crippen LogP contribution in [0.4, 0.5) is 0 Å². The van der Waals surface area contributed by atoms with Crippen LogP contribution >= 0.6 is 11.8 Å². The molecule has 0 bridgehead atoms. The summed E-state index contributed by atoms with van der Waals surface area (Å²) >= 11 is 1.87. The molecule has 0 unspecified atom stereocenters. The molecule has 2 heterocycles. The van der Waals surface area contributed by atoms with Gasteiger partial charge in [0.15, 0.2) is 0 Å². The van der Waals surface area contributed by atoms with Gasteiger partial charge in [-0.3, -0.25) is 4.98 Å². The summed E-state index contributed by atoms with van der Waals surface area (Å²) in [6.45, 7) is 0. The number of hydrogen-bond acceptors (Lipinski definition) is 2. The highest BCUT2D eigenvalue weighted by Crippen LogP contribution is 2.50. The Morgan fingerprint density at radius 2 is 1.11 bits per heavy atom. The molecule has 6 aromatic carbocycles. The van der Waals surface area contributed by atoms with E-state index in [1.165, 1.54) is 75.5 Å². The number of aromatic nitrogens is 1. The molecule has 0 radical (unpaired) electrons. The zero-order valence-electron chi connectivity index (χ0n) is 20.0. The Morgan fingerprint density at radius 1 is 0.459 bits per heavy atom. The number of fused-ring (bicyclic) bond motifs is 4. The van der Waals surface area contributed by atoms with Crippen molar-refractivity contribution in [2.45, 2.75) is 9.79 Å². The lowest BCUT2D eigenvalue weighted by atomic mass is 9.85. The highest BCUT2D eigenvalue weighted by Gasteiger charge is 2.22. The van der Waals surface area contributed by atoms with E-state index in [4.69, 9.17) is 0 Å². The van der Waals surface area contributed by atoms with Crippen LogP contribution in [0.15, 0.2) is 137 Å². The van der Waals surface area contributed by atoms with E-state index in [-0.39, 0.29) is 0 Å². The van der Waals surface area contributed by atoms with Crippen LogP contribution in [0.25, 0.3) is 65.7 Å². The molecule has 8 rings (SSSR count). The smallest absolute Gasteiger partial charge is 0.0353 e. The van der Waals surface area contributed by atoms with Crippen LogP contribution in [0, 0.1) is 0 Å². The lowest BCUT2D eigenvalue weighted by Crippen LogP contribution is -1.95. The van der Waals surface area contributed by atoms with Gasteiger partial charge in [-0.15, -0.1) is 0 Å². The molecule has 1 aromatic heterocycles. The molecule has 0 saturated carbocycles. The Labute approximate surface area is 219 Å². The van der Waals surface area contributed by atoms with Crippen LogP contribution in [-0.4, -0.2) is 4.98 Å². The molecular weight excluding hydrogens is 466 g/mol. The van der Waals surface area contributed by atoms with Crippen LogP contribution in [0.3, 0.4) is 0 Å². The van der Waals surface area contributed by atoms with Crippen molar-refractivity contribution in [3.05, 3.63) is 128 Å². The topological polar surface area (TPSA) is 12.9 Å². The van der Waals surface area contributed by atoms with Crippen molar-refractivity contribution in [3.8, 4) is 33.4 Å². The first kappa shape index (κ1) is 20.8. The summed E-state index contributed by atoms with van der Waals surface area (Å²) in [5, 5.41) is 7.64. The largest absolute Gasteiger partial charge is 0.263 e. The minimum absolute atomic E-state index is 1.20. The van der Waals surface area contributed by atoms with Gasteiger partial charge in [-0.2, -0.15) is 0 Å². The van der Waals surface area contributed by atoms with Crippen molar-refractivity contribution >= 4 is 44.1 Å². The van der Waals surface area contributed by atoms with E-state index in [1.54, 1.807) is 0 Å². The Bertz CT molecular complexity index is 1940. The van der Waals surface area contributed by atoms with Crippen LogP contribution in [0.2, 0.25) is 0 Å². The summed E-state index contributed by atoms with van der Waals surface area (Å²) in [5.74, 6) is 0. The molecular formula is C35H21NS. The summed E-state index contributed by atoms with van der Waals surface area (Å²) in [4.78, 5) is 7.13. The summed E-state index contributed by atoms with van der Waals surface area (Å²) in [6.07, 6.45) is 3.98. The molecule has 1 aliphatic rings. The lowest BCUT2D eigenvalue weighted by Gasteiger charge is -2.22. The quantitative estimate of drug-likeness (QED) is 0.225. The fourth-order valence-corrected chi connectivity index (χ4v) is 7.14. The van der Waals surface area contributed by atoms with Gasteiger partial charge < -0.3 is 0 Å². The normalized spacial score (nSPS) is 12.2. The zero-order valence-corrected chi connectivity index (χ0v) is 20.8. The van der Waals surface area contributed by atoms with Crippen LogP contribution in [-0.2, 0) is 0 Å². The summed E-state index contributed by atoms with van der Waals surface area (Å²) in [7, 11) is 0. The molecule has 2 heteroatoms. The molecule has 172 valence electrons. The zero-order chi connectivity index (χ0) is 24.3. The third kappa shape index (κ3) is 3.09. The molecule has 0 saturated heterocycles. The molecule has 0 spiro atoms. The Balaban J connectivity index is 1.43. The van der Waals surface area contributed by atoms with Crippen molar-refractivity contribution in [1.29, 1.82) is 0 Å². The molecule has 7 aromatic rings. The van der Waals surface area contributed by atoms with E-state index in [1.807, 2.05) is 24.2 Å². The van der Waals surface area contributed by atoms with Gasteiger partial charge in [0.1, 0.15) is 0 Å². The maximum absolute atomic E-state index is 4.55. The van der Waals surface area contributed by atoms with Crippen molar-refractivity contribution in [2.75, 3.05) is 0 Å². The molecule has 0 atom stereocenters. The summed E-state index contributed by atoms with van der Waals surface area (Å²) in [5.41, 5.74) is 7.58. The highest BCUT2D eigenvalue weighted by molar-refractivity contribution is 7.99. The minimum Gasteiger partial charge on any atom is -0.263 e. The third-order valence-electron chi connectivity index (χ3n) is 7.52. The number of nitrogens with zero attached hydrogens (tertiary/aromatic N) is 1. The number of benzene rings is 6. The maximum atomic E-state index is 4.55. The van der Waals surface area contributed by atoms with Gasteiger partial charge in [0.05, 0.1) is 0 Å². The molecule has 37 heavy (non-hydrogen) atoms. The van der Waals surface area contributed by atoms with E-state index in [2.05, 4.69) is 120 Å². The summed E-state index contributed by atoms with van der Waals surface area (Å²) < 4.78 is 0. The van der Waals surface area contributed by atoms with Crippen molar-refractivity contribution in [3.63, 3.8) is 0 Å². The molecule has 0 amide bonds. The second-order valence-corrected chi connectivity index (χ2v) is 10.6. The van der Waals surface area contributed by atoms with E-state index in [0.29, 0.717) is 0 Å². The molecule has 0 aliphatic carbocycles. The van der Waals surface area contributed by atoms with Crippen LogP contribution in [0.1, 0.15) is 0 Å². The van der Waals surface area contributed by atoms with Gasteiger partial charge >= 0.3 is 0 Å². The van der Waals surface area contributed by atoms with E-state index in [9.17, 15) is 0 Å². The van der Waals surface area contributed by atoms with Gasteiger partial charge in [-0.25, -0.2) is 0 Å². The lowest BCUT2D eigenvalue weighted by molar-refractivity contribution is 1.32. The highest BCUT2D eigenvalue weighted by atomic mass is 32.2. The maximum Gasteiger partial charge on any atom is 0.0353 e. The standard InChI is InChI=1S/C35H21NS/c1-2-9-22(10-3-1)33-26-12-4-6-14-28(26)34(29-15-7-5-13-27(29)33)23-17-18-25-30-21-36-20-24-11-8-16-31(35(24)30)37-32(25)19-23/h1-21H. The molecule has 1 nitrogen and oxygen atoms in total. The van der Waals surface area contributed by atoms with Crippen LogP contribution < -0.4 is 0 Å². The fraction of sp³-hybridized carbons (Fsp3) is 0. The predicted octanol–water partition coefficient (Wildman–Crippen LogP) is 10.0. The number of hydrogen-bond donors (Lipinski definition) is 0. The van der Waals surface area contributed by atoms with Crippen molar-refractivity contribution in [1.82, 2.24) is 4.98 Å². The second-order valence-electron chi connectivity index (χ2n) is 9.56. The van der Waals surface area contributed by atoms with Crippen LogP contribution in [0.5, 0.6) is 0 Å². The molecule has 1 aliphatic heterocycles. The third-order valence-corrected chi connectivity index (χ3v) is 8.64. The number of pyridine rings is 1. The SMILES string of the molecule is c1ccc(-c2c3ccccc3c(-c3ccc4c(c3)Sc3cccc5cncc-4c35)c3ccccc23)cc1. The summed E-state index contributed by atoms with van der Waals surface area (Å²) in [6, 6.07) is 42.0. The molecule has 0 fully saturated rings.